The second-order valence-corrected chi connectivity index (χ2v) is 9.91. The standard InChI is InChI=1S/C24H31N3O5S/c1-4-31-24(30)21-17-7-5-15(2)13-19(17)33-22(21)25-20(28)14-26-9-11-27(12-10-26)23(29)18-8-6-16(3)32-18/h6,8,15H,4-5,7,9-14H2,1-3H3,(H,25,28). The number of anilines is 1. The van der Waals surface area contributed by atoms with Crippen LogP contribution in [-0.4, -0.2) is 66.9 Å². The number of carbonyl (C=O) groups is 3. The van der Waals surface area contributed by atoms with Gasteiger partial charge in [-0.15, -0.1) is 11.3 Å². The van der Waals surface area contributed by atoms with Gasteiger partial charge in [0.15, 0.2) is 5.76 Å². The van der Waals surface area contributed by atoms with Gasteiger partial charge in [-0.2, -0.15) is 0 Å². The number of rotatable bonds is 6. The van der Waals surface area contributed by atoms with Gasteiger partial charge in [0.25, 0.3) is 5.91 Å². The molecular weight excluding hydrogens is 442 g/mol. The van der Waals surface area contributed by atoms with E-state index in [1.165, 1.54) is 16.2 Å². The van der Waals surface area contributed by atoms with Crippen molar-refractivity contribution in [1.82, 2.24) is 9.80 Å². The van der Waals surface area contributed by atoms with Crippen molar-refractivity contribution >= 4 is 34.1 Å². The molecule has 33 heavy (non-hydrogen) atoms. The van der Waals surface area contributed by atoms with Crippen molar-refractivity contribution in [2.75, 3.05) is 44.6 Å². The molecule has 2 aromatic heterocycles. The summed E-state index contributed by atoms with van der Waals surface area (Å²) in [6.45, 7) is 8.58. The van der Waals surface area contributed by atoms with Crippen LogP contribution in [0.15, 0.2) is 16.5 Å². The minimum atomic E-state index is -0.361. The SMILES string of the molecule is CCOC(=O)c1c(NC(=O)CN2CCN(C(=O)c3ccc(C)o3)CC2)sc2c1CCC(C)C2. The summed E-state index contributed by atoms with van der Waals surface area (Å²) in [6, 6.07) is 3.47. The lowest BCUT2D eigenvalue weighted by molar-refractivity contribution is -0.117. The van der Waals surface area contributed by atoms with Crippen LogP contribution in [0.1, 0.15) is 57.4 Å². The Morgan fingerprint density at radius 1 is 1.21 bits per heavy atom. The number of fused-ring (bicyclic) bond motifs is 1. The molecule has 0 bridgehead atoms. The Balaban J connectivity index is 1.36. The summed E-state index contributed by atoms with van der Waals surface area (Å²) in [4.78, 5) is 43.0. The van der Waals surface area contributed by atoms with E-state index in [0.29, 0.717) is 60.8 Å². The third-order valence-electron chi connectivity index (χ3n) is 6.22. The van der Waals surface area contributed by atoms with Crippen LogP contribution in [0.5, 0.6) is 0 Å². The number of aryl methyl sites for hydroxylation is 1. The van der Waals surface area contributed by atoms with Gasteiger partial charge in [0.1, 0.15) is 10.8 Å². The van der Waals surface area contributed by atoms with Crippen molar-refractivity contribution in [2.45, 2.75) is 40.0 Å². The molecule has 0 spiro atoms. The predicted octanol–water partition coefficient (Wildman–Crippen LogP) is 3.35. The molecule has 1 N–H and O–H groups in total. The molecule has 2 aromatic rings. The molecule has 1 aliphatic carbocycles. The minimum absolute atomic E-state index is 0.121. The molecule has 0 radical (unpaired) electrons. The van der Waals surface area contributed by atoms with E-state index in [-0.39, 0.29) is 24.3 Å². The van der Waals surface area contributed by atoms with E-state index >= 15 is 0 Å². The number of piperazine rings is 1. The van der Waals surface area contributed by atoms with Gasteiger partial charge >= 0.3 is 5.97 Å². The zero-order valence-electron chi connectivity index (χ0n) is 19.4. The normalized spacial score (nSPS) is 18.6. The maximum Gasteiger partial charge on any atom is 0.341 e. The van der Waals surface area contributed by atoms with E-state index in [9.17, 15) is 14.4 Å². The van der Waals surface area contributed by atoms with Crippen LogP contribution < -0.4 is 5.32 Å². The number of furan rings is 1. The second-order valence-electron chi connectivity index (χ2n) is 8.80. The number of nitrogens with one attached hydrogen (secondary N) is 1. The summed E-state index contributed by atoms with van der Waals surface area (Å²) in [5.41, 5.74) is 1.56. The molecule has 2 aliphatic rings. The molecule has 2 amide bonds. The molecule has 1 atom stereocenters. The highest BCUT2D eigenvalue weighted by Gasteiger charge is 2.30. The molecule has 8 nitrogen and oxygen atoms in total. The number of thiophene rings is 1. The molecule has 1 saturated heterocycles. The van der Waals surface area contributed by atoms with E-state index in [1.807, 2.05) is 11.8 Å². The number of hydrogen-bond acceptors (Lipinski definition) is 7. The summed E-state index contributed by atoms with van der Waals surface area (Å²) >= 11 is 1.50. The summed E-state index contributed by atoms with van der Waals surface area (Å²) in [7, 11) is 0. The van der Waals surface area contributed by atoms with Gasteiger partial charge in [0, 0.05) is 31.1 Å². The zero-order valence-corrected chi connectivity index (χ0v) is 20.3. The number of amides is 2. The third kappa shape index (κ3) is 5.30. The van der Waals surface area contributed by atoms with Crippen molar-refractivity contribution in [2.24, 2.45) is 5.92 Å². The lowest BCUT2D eigenvalue weighted by Crippen LogP contribution is -2.50. The van der Waals surface area contributed by atoms with Gasteiger partial charge in [-0.05, 0) is 56.7 Å². The highest BCUT2D eigenvalue weighted by molar-refractivity contribution is 7.17. The lowest BCUT2D eigenvalue weighted by Gasteiger charge is -2.33. The average molecular weight is 474 g/mol. The van der Waals surface area contributed by atoms with Crippen LogP contribution in [0.4, 0.5) is 5.00 Å². The number of nitrogens with zero attached hydrogens (tertiary/aromatic N) is 2. The molecule has 0 saturated carbocycles. The molecular formula is C24H31N3O5S. The molecule has 1 fully saturated rings. The Bertz CT molecular complexity index is 1040. The molecule has 1 aliphatic heterocycles. The van der Waals surface area contributed by atoms with E-state index in [2.05, 4.69) is 12.2 Å². The molecule has 178 valence electrons. The fraction of sp³-hybridized carbons (Fsp3) is 0.542. The van der Waals surface area contributed by atoms with Crippen LogP contribution in [0.3, 0.4) is 0 Å². The topological polar surface area (TPSA) is 92.1 Å². The quantitative estimate of drug-likeness (QED) is 0.647. The van der Waals surface area contributed by atoms with Crippen molar-refractivity contribution in [3.63, 3.8) is 0 Å². The van der Waals surface area contributed by atoms with Crippen molar-refractivity contribution < 1.29 is 23.5 Å². The zero-order chi connectivity index (χ0) is 23.5. The Labute approximate surface area is 197 Å². The monoisotopic (exact) mass is 473 g/mol. The third-order valence-corrected chi connectivity index (χ3v) is 7.39. The Morgan fingerprint density at radius 3 is 2.64 bits per heavy atom. The van der Waals surface area contributed by atoms with Crippen LogP contribution in [-0.2, 0) is 22.4 Å². The molecule has 0 aromatic carbocycles. The first-order valence-electron chi connectivity index (χ1n) is 11.5. The van der Waals surface area contributed by atoms with Crippen LogP contribution in [0.2, 0.25) is 0 Å². The lowest BCUT2D eigenvalue weighted by atomic mass is 9.88. The van der Waals surface area contributed by atoms with Crippen LogP contribution >= 0.6 is 11.3 Å². The fourth-order valence-corrected chi connectivity index (χ4v) is 5.86. The van der Waals surface area contributed by atoms with E-state index in [1.54, 1.807) is 24.0 Å². The van der Waals surface area contributed by atoms with E-state index in [0.717, 1.165) is 24.8 Å². The smallest absolute Gasteiger partial charge is 0.341 e. The molecule has 9 heteroatoms. The average Bonchev–Trinajstić information content (AvgIpc) is 3.36. The summed E-state index contributed by atoms with van der Waals surface area (Å²) in [5.74, 6) is 0.985. The summed E-state index contributed by atoms with van der Waals surface area (Å²) < 4.78 is 10.7. The number of esters is 1. The van der Waals surface area contributed by atoms with E-state index < -0.39 is 0 Å². The maximum absolute atomic E-state index is 12.8. The van der Waals surface area contributed by atoms with Crippen LogP contribution in [0, 0.1) is 12.8 Å². The Kier molecular flexibility index (Phi) is 7.19. The van der Waals surface area contributed by atoms with E-state index in [4.69, 9.17) is 9.15 Å². The van der Waals surface area contributed by atoms with Crippen LogP contribution in [0.25, 0.3) is 0 Å². The van der Waals surface area contributed by atoms with Crippen molar-refractivity contribution in [3.8, 4) is 0 Å². The Hall–Kier alpha value is -2.65. The predicted molar refractivity (Wildman–Crippen MR) is 126 cm³/mol. The first-order chi connectivity index (χ1) is 15.9. The highest BCUT2D eigenvalue weighted by atomic mass is 32.1. The largest absolute Gasteiger partial charge is 0.462 e. The Morgan fingerprint density at radius 2 is 1.97 bits per heavy atom. The van der Waals surface area contributed by atoms with Crippen molar-refractivity contribution in [1.29, 1.82) is 0 Å². The van der Waals surface area contributed by atoms with Gasteiger partial charge in [-0.3, -0.25) is 14.5 Å². The summed E-state index contributed by atoms with van der Waals surface area (Å²) in [6.07, 6.45) is 2.79. The fourth-order valence-electron chi connectivity index (χ4n) is 4.44. The molecule has 3 heterocycles. The minimum Gasteiger partial charge on any atom is -0.462 e. The highest BCUT2D eigenvalue weighted by Crippen LogP contribution is 2.40. The maximum atomic E-state index is 12.8. The van der Waals surface area contributed by atoms with Gasteiger partial charge < -0.3 is 19.4 Å². The van der Waals surface area contributed by atoms with Gasteiger partial charge in [-0.25, -0.2) is 4.79 Å². The van der Waals surface area contributed by atoms with Crippen molar-refractivity contribution in [3.05, 3.63) is 39.7 Å². The number of carbonyl (C=O) groups excluding carboxylic acids is 3. The summed E-state index contributed by atoms with van der Waals surface area (Å²) in [5, 5.41) is 3.57. The second kappa shape index (κ2) is 10.1. The first-order valence-corrected chi connectivity index (χ1v) is 12.4. The molecule has 1 unspecified atom stereocenters. The molecule has 4 rings (SSSR count). The van der Waals surface area contributed by atoms with Gasteiger partial charge in [-0.1, -0.05) is 6.92 Å². The number of ether oxygens (including phenoxy) is 1. The number of hydrogen-bond donors (Lipinski definition) is 1. The van der Waals surface area contributed by atoms with Gasteiger partial charge in [0.05, 0.1) is 18.7 Å². The van der Waals surface area contributed by atoms with Gasteiger partial charge in [0.2, 0.25) is 5.91 Å². The first kappa shape index (κ1) is 23.5.